The fourth-order valence-corrected chi connectivity index (χ4v) is 2.34. The summed E-state index contributed by atoms with van der Waals surface area (Å²) in [5, 5.41) is 10.7. The van der Waals surface area contributed by atoms with Gasteiger partial charge in [-0.15, -0.1) is 0 Å². The summed E-state index contributed by atoms with van der Waals surface area (Å²) in [5.41, 5.74) is 1.01. The van der Waals surface area contributed by atoms with Crippen molar-refractivity contribution in [3.05, 3.63) is 60.5 Å². The summed E-state index contributed by atoms with van der Waals surface area (Å²) in [7, 11) is 1.43. The topological polar surface area (TPSA) is 87.3 Å². The van der Waals surface area contributed by atoms with Gasteiger partial charge in [-0.05, 0) is 18.6 Å². The number of ether oxygens (including phenoxy) is 1. The van der Waals surface area contributed by atoms with Gasteiger partial charge in [0, 0.05) is 28.4 Å². The maximum Gasteiger partial charge on any atom is 0.299 e. The first-order valence-corrected chi connectivity index (χ1v) is 6.77. The van der Waals surface area contributed by atoms with Gasteiger partial charge in [0.1, 0.15) is 0 Å². The van der Waals surface area contributed by atoms with E-state index in [2.05, 4.69) is 20.9 Å². The number of methoxy groups -OCH3 is 1. The summed E-state index contributed by atoms with van der Waals surface area (Å²) in [4.78, 5) is 26.4. The predicted octanol–water partition coefficient (Wildman–Crippen LogP) is 2.28. The smallest absolute Gasteiger partial charge is 0.299 e. The minimum Gasteiger partial charge on any atom is -0.468 e. The van der Waals surface area contributed by atoms with Crippen LogP contribution in [0.3, 0.4) is 0 Å². The zero-order chi connectivity index (χ0) is 15.6. The van der Waals surface area contributed by atoms with Crippen LogP contribution in [0.2, 0.25) is 0 Å². The molecule has 0 aliphatic carbocycles. The summed E-state index contributed by atoms with van der Waals surface area (Å²) >= 11 is 3.28. The number of aromatic nitrogens is 2. The van der Waals surface area contributed by atoms with Gasteiger partial charge in [-0.2, -0.15) is 0 Å². The number of non-ortho nitro benzene ring substituents is 1. The molecule has 0 amide bonds. The lowest BCUT2D eigenvalue weighted by Gasteiger charge is -2.12. The van der Waals surface area contributed by atoms with Crippen LogP contribution >= 0.6 is 15.9 Å². The molecule has 0 unspecified atom stereocenters. The van der Waals surface area contributed by atoms with Gasteiger partial charge >= 0.3 is 0 Å². The third-order valence-corrected chi connectivity index (χ3v) is 3.60. The molecule has 0 saturated heterocycles. The number of hydrogen-bond acceptors (Lipinski definition) is 5. The van der Waals surface area contributed by atoms with Crippen LogP contribution in [-0.4, -0.2) is 21.6 Å². The molecule has 21 heavy (non-hydrogen) atoms. The SMILES string of the molecule is COc1nc(C)cc(=O)n1Cc1ccc([N+](=O)[O-])cc1Br. The molecule has 0 spiro atoms. The second kappa shape index (κ2) is 6.04. The van der Waals surface area contributed by atoms with Crippen molar-refractivity contribution < 1.29 is 9.66 Å². The van der Waals surface area contributed by atoms with Gasteiger partial charge in [-0.3, -0.25) is 19.5 Å². The molecule has 0 fully saturated rings. The molecule has 0 saturated carbocycles. The average molecular weight is 354 g/mol. The molecule has 0 N–H and O–H groups in total. The van der Waals surface area contributed by atoms with E-state index in [0.717, 1.165) is 0 Å². The molecule has 110 valence electrons. The number of nitro groups is 1. The van der Waals surface area contributed by atoms with Crippen LogP contribution in [0.15, 0.2) is 33.5 Å². The van der Waals surface area contributed by atoms with E-state index in [1.807, 2.05) is 0 Å². The number of benzene rings is 1. The van der Waals surface area contributed by atoms with E-state index in [1.165, 1.54) is 29.9 Å². The Kier molecular flexibility index (Phi) is 4.37. The molecule has 1 heterocycles. The number of hydrogen-bond donors (Lipinski definition) is 0. The Morgan fingerprint density at radius 1 is 1.43 bits per heavy atom. The first kappa shape index (κ1) is 15.2. The monoisotopic (exact) mass is 353 g/mol. The summed E-state index contributed by atoms with van der Waals surface area (Å²) in [6.07, 6.45) is 0. The van der Waals surface area contributed by atoms with E-state index in [1.54, 1.807) is 13.0 Å². The minimum absolute atomic E-state index is 0.0213. The Hall–Kier alpha value is -2.22. The fraction of sp³-hybridized carbons (Fsp3) is 0.231. The third-order valence-electron chi connectivity index (χ3n) is 2.86. The first-order valence-electron chi connectivity index (χ1n) is 5.97. The van der Waals surface area contributed by atoms with Crippen molar-refractivity contribution >= 4 is 21.6 Å². The molecule has 1 aromatic carbocycles. The third kappa shape index (κ3) is 3.27. The number of aryl methyl sites for hydroxylation is 1. The molecular weight excluding hydrogens is 342 g/mol. The van der Waals surface area contributed by atoms with E-state index in [0.29, 0.717) is 15.7 Å². The van der Waals surface area contributed by atoms with Crippen LogP contribution in [0.25, 0.3) is 0 Å². The van der Waals surface area contributed by atoms with Crippen molar-refractivity contribution in [3.8, 4) is 6.01 Å². The maximum absolute atomic E-state index is 12.0. The van der Waals surface area contributed by atoms with Crippen molar-refractivity contribution in [2.24, 2.45) is 0 Å². The highest BCUT2D eigenvalue weighted by Crippen LogP contribution is 2.24. The fourth-order valence-electron chi connectivity index (χ4n) is 1.84. The molecule has 7 nitrogen and oxygen atoms in total. The van der Waals surface area contributed by atoms with Gasteiger partial charge in [-0.1, -0.05) is 15.9 Å². The zero-order valence-electron chi connectivity index (χ0n) is 11.4. The Morgan fingerprint density at radius 3 is 2.71 bits per heavy atom. The summed E-state index contributed by atoms with van der Waals surface area (Å²) in [5.74, 6) is 0. The van der Waals surface area contributed by atoms with Crippen LogP contribution < -0.4 is 10.3 Å². The van der Waals surface area contributed by atoms with Crippen LogP contribution in [0.5, 0.6) is 6.01 Å². The number of halogens is 1. The van der Waals surface area contributed by atoms with E-state index in [4.69, 9.17) is 4.74 Å². The molecule has 0 bridgehead atoms. The number of nitro benzene ring substituents is 1. The van der Waals surface area contributed by atoms with Crippen LogP contribution in [0.1, 0.15) is 11.3 Å². The molecule has 2 aromatic rings. The maximum atomic E-state index is 12.0. The van der Waals surface area contributed by atoms with Crippen LogP contribution in [0, 0.1) is 17.0 Å². The molecule has 0 aliphatic heterocycles. The van der Waals surface area contributed by atoms with E-state index < -0.39 is 4.92 Å². The van der Waals surface area contributed by atoms with Gasteiger partial charge in [0.05, 0.1) is 18.6 Å². The van der Waals surface area contributed by atoms with E-state index >= 15 is 0 Å². The number of nitrogens with zero attached hydrogens (tertiary/aromatic N) is 3. The van der Waals surface area contributed by atoms with Gasteiger partial charge in [0.15, 0.2) is 0 Å². The molecule has 0 aliphatic rings. The Balaban J connectivity index is 2.43. The molecule has 1 aromatic heterocycles. The van der Waals surface area contributed by atoms with Crippen molar-refractivity contribution in [3.63, 3.8) is 0 Å². The second-order valence-electron chi connectivity index (χ2n) is 4.34. The molecular formula is C13H12BrN3O4. The summed E-state index contributed by atoms with van der Waals surface area (Å²) in [6, 6.07) is 5.98. The second-order valence-corrected chi connectivity index (χ2v) is 5.20. The molecule has 0 radical (unpaired) electrons. The van der Waals surface area contributed by atoms with Gasteiger partial charge in [0.2, 0.25) is 0 Å². The van der Waals surface area contributed by atoms with Crippen molar-refractivity contribution in [2.45, 2.75) is 13.5 Å². The van der Waals surface area contributed by atoms with Crippen molar-refractivity contribution in [2.75, 3.05) is 7.11 Å². The summed E-state index contributed by atoms with van der Waals surface area (Å²) < 4.78 is 7.02. The van der Waals surface area contributed by atoms with E-state index in [9.17, 15) is 14.9 Å². The lowest BCUT2D eigenvalue weighted by atomic mass is 10.2. The van der Waals surface area contributed by atoms with Crippen LogP contribution in [0.4, 0.5) is 5.69 Å². The minimum atomic E-state index is -0.477. The zero-order valence-corrected chi connectivity index (χ0v) is 13.0. The largest absolute Gasteiger partial charge is 0.468 e. The van der Waals surface area contributed by atoms with Gasteiger partial charge in [0.25, 0.3) is 17.3 Å². The summed E-state index contributed by atoms with van der Waals surface area (Å²) in [6.45, 7) is 1.91. The normalized spacial score (nSPS) is 10.4. The predicted molar refractivity (Wildman–Crippen MR) is 79.7 cm³/mol. The molecule has 0 atom stereocenters. The van der Waals surface area contributed by atoms with Gasteiger partial charge in [-0.25, -0.2) is 4.98 Å². The Morgan fingerprint density at radius 2 is 2.14 bits per heavy atom. The lowest BCUT2D eigenvalue weighted by Crippen LogP contribution is -2.23. The Bertz CT molecular complexity index is 758. The highest BCUT2D eigenvalue weighted by molar-refractivity contribution is 9.10. The van der Waals surface area contributed by atoms with Gasteiger partial charge < -0.3 is 4.74 Å². The number of rotatable bonds is 4. The lowest BCUT2D eigenvalue weighted by molar-refractivity contribution is -0.384. The highest BCUT2D eigenvalue weighted by Gasteiger charge is 2.13. The van der Waals surface area contributed by atoms with Crippen molar-refractivity contribution in [1.82, 2.24) is 9.55 Å². The first-order chi connectivity index (χ1) is 9.92. The quantitative estimate of drug-likeness (QED) is 0.621. The highest BCUT2D eigenvalue weighted by atomic mass is 79.9. The Labute approximate surface area is 128 Å². The molecule has 2 rings (SSSR count). The average Bonchev–Trinajstić information content (AvgIpc) is 2.42. The standard InChI is InChI=1S/C13H12BrN3O4/c1-8-5-12(18)16(13(15-8)21-2)7-9-3-4-10(17(19)20)6-11(9)14/h3-6H,7H2,1-2H3. The van der Waals surface area contributed by atoms with E-state index in [-0.39, 0.29) is 23.8 Å². The van der Waals surface area contributed by atoms with Crippen LogP contribution in [-0.2, 0) is 6.54 Å². The molecule has 8 heteroatoms. The van der Waals surface area contributed by atoms with Crippen molar-refractivity contribution in [1.29, 1.82) is 0 Å².